The summed E-state index contributed by atoms with van der Waals surface area (Å²) >= 11 is 5.85. The lowest BCUT2D eigenvalue weighted by molar-refractivity contribution is -0.135. The summed E-state index contributed by atoms with van der Waals surface area (Å²) in [6.07, 6.45) is 6.51. The Morgan fingerprint density at radius 1 is 1.00 bits per heavy atom. The SMILES string of the molecule is O=C(CC12CC3CC(CC(C3)C1)C2)NNC(=O)[C@@H]1C[C@@H](O)CN1S(=O)(=O)c1ccc(Cl)cc1. The molecule has 4 bridgehead atoms. The summed E-state index contributed by atoms with van der Waals surface area (Å²) in [6.45, 7) is -0.190. The second-order valence-electron chi connectivity index (χ2n) is 10.6. The summed E-state index contributed by atoms with van der Waals surface area (Å²) in [4.78, 5) is 25.6. The van der Waals surface area contributed by atoms with Crippen molar-refractivity contribution in [3.05, 3.63) is 29.3 Å². The number of hydrazine groups is 1. The Hall–Kier alpha value is -1.68. The predicted octanol–water partition coefficient (Wildman–Crippen LogP) is 2.22. The van der Waals surface area contributed by atoms with Crippen LogP contribution < -0.4 is 10.9 Å². The van der Waals surface area contributed by atoms with Crippen LogP contribution in [0.2, 0.25) is 5.02 Å². The molecule has 8 nitrogen and oxygen atoms in total. The van der Waals surface area contributed by atoms with Gasteiger partial charge in [-0.05, 0) is 86.0 Å². The van der Waals surface area contributed by atoms with Crippen molar-refractivity contribution in [2.75, 3.05) is 6.54 Å². The Balaban J connectivity index is 1.21. The molecular formula is C23H30ClN3O5S. The Kier molecular flexibility index (Phi) is 5.96. The summed E-state index contributed by atoms with van der Waals surface area (Å²) < 4.78 is 27.1. The van der Waals surface area contributed by atoms with Crippen molar-refractivity contribution in [2.24, 2.45) is 23.2 Å². The number of nitrogens with zero attached hydrogens (tertiary/aromatic N) is 1. The molecule has 5 fully saturated rings. The zero-order chi connectivity index (χ0) is 23.4. The van der Waals surface area contributed by atoms with E-state index in [4.69, 9.17) is 11.6 Å². The molecule has 10 heteroatoms. The Labute approximate surface area is 199 Å². The van der Waals surface area contributed by atoms with Crippen molar-refractivity contribution in [3.8, 4) is 0 Å². The second-order valence-corrected chi connectivity index (χ2v) is 12.9. The molecule has 1 aromatic carbocycles. The molecule has 1 saturated heterocycles. The number of hydrogen-bond acceptors (Lipinski definition) is 5. The van der Waals surface area contributed by atoms with Gasteiger partial charge in [0.05, 0.1) is 11.0 Å². The predicted molar refractivity (Wildman–Crippen MR) is 121 cm³/mol. The largest absolute Gasteiger partial charge is 0.392 e. The van der Waals surface area contributed by atoms with Crippen LogP contribution in [-0.2, 0) is 19.6 Å². The Morgan fingerprint density at radius 3 is 2.15 bits per heavy atom. The summed E-state index contributed by atoms with van der Waals surface area (Å²) in [5.74, 6) is 1.29. The van der Waals surface area contributed by atoms with Gasteiger partial charge in [-0.15, -0.1) is 0 Å². The summed E-state index contributed by atoms with van der Waals surface area (Å²) in [5.41, 5.74) is 4.96. The third kappa shape index (κ3) is 4.52. The van der Waals surface area contributed by atoms with Gasteiger partial charge in [-0.3, -0.25) is 20.4 Å². The highest BCUT2D eigenvalue weighted by molar-refractivity contribution is 7.89. The van der Waals surface area contributed by atoms with Crippen LogP contribution in [0.15, 0.2) is 29.2 Å². The number of carbonyl (C=O) groups is 2. The van der Waals surface area contributed by atoms with Gasteiger partial charge in [-0.2, -0.15) is 4.31 Å². The van der Waals surface area contributed by atoms with Gasteiger partial charge in [-0.1, -0.05) is 11.6 Å². The van der Waals surface area contributed by atoms with Crippen LogP contribution in [-0.4, -0.2) is 48.3 Å². The van der Waals surface area contributed by atoms with Crippen molar-refractivity contribution in [1.29, 1.82) is 0 Å². The third-order valence-corrected chi connectivity index (χ3v) is 10.1. The number of aliphatic hydroxyl groups is 1. The number of halogens is 1. The maximum atomic E-state index is 13.1. The minimum atomic E-state index is -4.02. The van der Waals surface area contributed by atoms with E-state index in [9.17, 15) is 23.1 Å². The molecular weight excluding hydrogens is 466 g/mol. The molecule has 180 valence electrons. The minimum Gasteiger partial charge on any atom is -0.392 e. The van der Waals surface area contributed by atoms with E-state index in [0.717, 1.165) is 41.3 Å². The molecule has 4 saturated carbocycles. The van der Waals surface area contributed by atoms with Crippen LogP contribution in [0.4, 0.5) is 0 Å². The molecule has 0 radical (unpaired) electrons. The molecule has 6 rings (SSSR count). The average Bonchev–Trinajstić information content (AvgIpc) is 3.14. The molecule has 0 aromatic heterocycles. The number of hydrogen-bond donors (Lipinski definition) is 3. The number of amides is 2. The maximum Gasteiger partial charge on any atom is 0.256 e. The fourth-order valence-corrected chi connectivity index (χ4v) is 8.90. The molecule has 2 atom stereocenters. The van der Waals surface area contributed by atoms with Gasteiger partial charge in [0.25, 0.3) is 5.91 Å². The molecule has 3 N–H and O–H groups in total. The van der Waals surface area contributed by atoms with E-state index in [-0.39, 0.29) is 29.2 Å². The Morgan fingerprint density at radius 2 is 1.58 bits per heavy atom. The first-order chi connectivity index (χ1) is 15.6. The van der Waals surface area contributed by atoms with E-state index >= 15 is 0 Å². The smallest absolute Gasteiger partial charge is 0.256 e. The topological polar surface area (TPSA) is 116 Å². The molecule has 0 unspecified atom stereocenters. The van der Waals surface area contributed by atoms with Crippen LogP contribution in [0.5, 0.6) is 0 Å². The van der Waals surface area contributed by atoms with E-state index in [1.54, 1.807) is 0 Å². The standard InChI is InChI=1S/C23H30ClN3O5S/c24-17-1-3-19(4-2-17)33(31,32)27-13-18(28)8-20(27)22(30)26-25-21(29)12-23-9-14-5-15(10-23)7-16(6-14)11-23/h1-4,14-16,18,20,28H,5-13H2,(H,25,29)(H,26,30)/t14?,15?,16?,18-,20+,23?/m1/s1. The maximum absolute atomic E-state index is 13.1. The van der Waals surface area contributed by atoms with Crippen molar-refractivity contribution in [1.82, 2.24) is 15.2 Å². The van der Waals surface area contributed by atoms with Gasteiger partial charge in [0.2, 0.25) is 15.9 Å². The number of β-amino-alcohol motifs (C(OH)–C–C–N with tert-alkyl or cyclic N) is 1. The average molecular weight is 496 g/mol. The fourth-order valence-electron chi connectivity index (χ4n) is 7.14. The normalized spacial score (nSPS) is 35.5. The highest BCUT2D eigenvalue weighted by atomic mass is 35.5. The lowest BCUT2D eigenvalue weighted by atomic mass is 9.49. The van der Waals surface area contributed by atoms with Gasteiger partial charge in [0.1, 0.15) is 6.04 Å². The third-order valence-electron chi connectivity index (χ3n) is 7.98. The second kappa shape index (κ2) is 8.52. The van der Waals surface area contributed by atoms with E-state index in [0.29, 0.717) is 11.4 Å². The molecule has 5 aliphatic rings. The fraction of sp³-hybridized carbons (Fsp3) is 0.652. The van der Waals surface area contributed by atoms with Gasteiger partial charge in [-0.25, -0.2) is 8.42 Å². The molecule has 0 spiro atoms. The van der Waals surface area contributed by atoms with Crippen LogP contribution >= 0.6 is 11.6 Å². The van der Waals surface area contributed by atoms with E-state index < -0.39 is 28.1 Å². The van der Waals surface area contributed by atoms with Gasteiger partial charge < -0.3 is 5.11 Å². The number of benzene rings is 1. The van der Waals surface area contributed by atoms with Crippen molar-refractivity contribution < 1.29 is 23.1 Å². The number of nitrogens with one attached hydrogen (secondary N) is 2. The molecule has 1 heterocycles. The first kappa shape index (κ1) is 23.1. The van der Waals surface area contributed by atoms with Crippen molar-refractivity contribution in [3.63, 3.8) is 0 Å². The highest BCUT2D eigenvalue weighted by Gasteiger charge is 2.51. The van der Waals surface area contributed by atoms with E-state index in [2.05, 4.69) is 10.9 Å². The van der Waals surface area contributed by atoms with E-state index in [1.807, 2.05) is 0 Å². The van der Waals surface area contributed by atoms with E-state index in [1.165, 1.54) is 43.5 Å². The zero-order valence-corrected chi connectivity index (χ0v) is 19.9. The highest BCUT2D eigenvalue weighted by Crippen LogP contribution is 2.61. The zero-order valence-electron chi connectivity index (χ0n) is 18.4. The summed E-state index contributed by atoms with van der Waals surface area (Å²) in [7, 11) is -4.02. The molecule has 1 aromatic rings. The number of rotatable bonds is 5. The lowest BCUT2D eigenvalue weighted by Crippen LogP contribution is -2.53. The molecule has 33 heavy (non-hydrogen) atoms. The molecule has 2 amide bonds. The number of sulfonamides is 1. The molecule has 1 aliphatic heterocycles. The quantitative estimate of drug-likeness (QED) is 0.542. The molecule has 4 aliphatic carbocycles. The number of aliphatic hydroxyl groups excluding tert-OH is 1. The summed E-state index contributed by atoms with van der Waals surface area (Å²) in [6, 6.07) is 4.54. The monoisotopic (exact) mass is 495 g/mol. The van der Waals surface area contributed by atoms with Crippen molar-refractivity contribution >= 4 is 33.4 Å². The van der Waals surface area contributed by atoms with Crippen molar-refractivity contribution in [2.45, 2.75) is 68.4 Å². The lowest BCUT2D eigenvalue weighted by Gasteiger charge is -2.56. The number of carbonyl (C=O) groups excluding carboxylic acids is 2. The summed E-state index contributed by atoms with van der Waals surface area (Å²) in [5, 5.41) is 10.5. The van der Waals surface area contributed by atoms with Gasteiger partial charge >= 0.3 is 0 Å². The van der Waals surface area contributed by atoms with Crippen LogP contribution in [0.3, 0.4) is 0 Å². The van der Waals surface area contributed by atoms with Gasteiger partial charge in [0, 0.05) is 24.4 Å². The minimum absolute atomic E-state index is 0.00958. The van der Waals surface area contributed by atoms with Gasteiger partial charge in [0.15, 0.2) is 0 Å². The first-order valence-corrected chi connectivity index (χ1v) is 13.5. The van der Waals surface area contributed by atoms with Crippen LogP contribution in [0.1, 0.15) is 51.4 Å². The first-order valence-electron chi connectivity index (χ1n) is 11.7. The van der Waals surface area contributed by atoms with Crippen LogP contribution in [0, 0.1) is 23.2 Å². The van der Waals surface area contributed by atoms with Crippen LogP contribution in [0.25, 0.3) is 0 Å². The Bertz CT molecular complexity index is 1010.